The Labute approximate surface area is 162 Å². The van der Waals surface area contributed by atoms with E-state index >= 15 is 0 Å². The van der Waals surface area contributed by atoms with Crippen LogP contribution in [0.25, 0.3) is 0 Å². The lowest BCUT2D eigenvalue weighted by Gasteiger charge is -2.35. The molecule has 0 N–H and O–H groups in total. The Morgan fingerprint density at radius 3 is 2.96 bits per heavy atom. The molecule has 1 fully saturated rings. The van der Waals surface area contributed by atoms with Gasteiger partial charge < -0.3 is 14.4 Å². The average Bonchev–Trinajstić information content (AvgIpc) is 3.16. The Hall–Kier alpha value is -2.18. The Bertz CT molecular complexity index is 870. The van der Waals surface area contributed by atoms with Gasteiger partial charge in [0.15, 0.2) is 0 Å². The van der Waals surface area contributed by atoms with Gasteiger partial charge in [-0.15, -0.1) is 0 Å². The summed E-state index contributed by atoms with van der Waals surface area (Å²) in [6.45, 7) is 3.15. The van der Waals surface area contributed by atoms with E-state index in [1.165, 1.54) is 18.3 Å². The quantitative estimate of drug-likeness (QED) is 0.794. The van der Waals surface area contributed by atoms with E-state index in [9.17, 15) is 9.18 Å². The summed E-state index contributed by atoms with van der Waals surface area (Å²) in [6, 6.07) is 6.11. The minimum Gasteiger partial charge on any atom is -0.471 e. The molecule has 1 saturated heterocycles. The molecule has 1 aromatic heterocycles. The summed E-state index contributed by atoms with van der Waals surface area (Å²) in [7, 11) is 0. The van der Waals surface area contributed by atoms with Crippen LogP contribution in [0.15, 0.2) is 30.5 Å². The van der Waals surface area contributed by atoms with Crippen LogP contribution in [0, 0.1) is 5.82 Å². The fourth-order valence-corrected chi connectivity index (χ4v) is 3.77. The van der Waals surface area contributed by atoms with E-state index in [0.29, 0.717) is 24.7 Å². The van der Waals surface area contributed by atoms with Crippen molar-refractivity contribution in [3.63, 3.8) is 0 Å². The van der Waals surface area contributed by atoms with Crippen LogP contribution < -0.4 is 9.64 Å². The highest BCUT2D eigenvalue weighted by molar-refractivity contribution is 6.32. The molecule has 5 nitrogen and oxygen atoms in total. The molecule has 4 rings (SSSR count). The summed E-state index contributed by atoms with van der Waals surface area (Å²) >= 11 is 6.30. The highest BCUT2D eigenvalue weighted by atomic mass is 35.5. The maximum absolute atomic E-state index is 13.6. The van der Waals surface area contributed by atoms with Crippen molar-refractivity contribution in [1.29, 1.82) is 0 Å². The summed E-state index contributed by atoms with van der Waals surface area (Å²) in [5, 5.41) is 0.289. The molecule has 0 bridgehead atoms. The predicted octanol–water partition coefficient (Wildman–Crippen LogP) is 4.02. The van der Waals surface area contributed by atoms with Gasteiger partial charge in [-0.05, 0) is 49.6 Å². The van der Waals surface area contributed by atoms with E-state index in [1.807, 2.05) is 6.92 Å². The molecule has 2 atom stereocenters. The molecular weight excluding hydrogens is 371 g/mol. The third kappa shape index (κ3) is 3.64. The average molecular weight is 391 g/mol. The highest BCUT2D eigenvalue weighted by Gasteiger charge is 2.30. The highest BCUT2D eigenvalue weighted by Crippen LogP contribution is 2.33. The summed E-state index contributed by atoms with van der Waals surface area (Å²) in [5.41, 5.74) is 1.94. The van der Waals surface area contributed by atoms with Crippen LogP contribution in [0.3, 0.4) is 0 Å². The van der Waals surface area contributed by atoms with Crippen molar-refractivity contribution in [3.8, 4) is 5.88 Å². The first-order valence-corrected chi connectivity index (χ1v) is 9.42. The second kappa shape index (κ2) is 7.44. The maximum Gasteiger partial charge on any atom is 0.260 e. The number of ether oxygens (including phenoxy) is 2. The fourth-order valence-electron chi connectivity index (χ4n) is 3.56. The number of carbonyl (C=O) groups is 1. The van der Waals surface area contributed by atoms with Gasteiger partial charge in [0.1, 0.15) is 16.9 Å². The van der Waals surface area contributed by atoms with Gasteiger partial charge in [0.25, 0.3) is 5.91 Å². The van der Waals surface area contributed by atoms with E-state index in [0.717, 1.165) is 30.5 Å². The van der Waals surface area contributed by atoms with Gasteiger partial charge in [-0.2, -0.15) is 0 Å². The Morgan fingerprint density at radius 1 is 1.37 bits per heavy atom. The predicted molar refractivity (Wildman–Crippen MR) is 100 cm³/mol. The number of fused-ring (bicyclic) bond motifs is 1. The Balaban J connectivity index is 1.60. The van der Waals surface area contributed by atoms with Crippen LogP contribution in [0.5, 0.6) is 5.88 Å². The second-order valence-electron chi connectivity index (χ2n) is 6.95. The number of hydrogen-bond acceptors (Lipinski definition) is 4. The fraction of sp³-hybridized carbons (Fsp3) is 0.400. The van der Waals surface area contributed by atoms with Gasteiger partial charge in [0.2, 0.25) is 5.88 Å². The molecule has 2 unspecified atom stereocenters. The largest absolute Gasteiger partial charge is 0.471 e. The first kappa shape index (κ1) is 18.2. The molecule has 1 amide bonds. The zero-order valence-corrected chi connectivity index (χ0v) is 15.7. The lowest BCUT2D eigenvalue weighted by atomic mass is 9.95. The van der Waals surface area contributed by atoms with Crippen molar-refractivity contribution in [2.24, 2.45) is 0 Å². The molecular formula is C20H20ClFN2O3. The molecule has 27 heavy (non-hydrogen) atoms. The molecule has 1 aromatic carbocycles. The minimum atomic E-state index is -0.294. The van der Waals surface area contributed by atoms with Crippen LogP contribution in [-0.2, 0) is 11.2 Å². The number of amides is 1. The van der Waals surface area contributed by atoms with Crippen LogP contribution in [-0.4, -0.2) is 36.3 Å². The van der Waals surface area contributed by atoms with Crippen molar-refractivity contribution in [2.75, 3.05) is 18.1 Å². The van der Waals surface area contributed by atoms with E-state index < -0.39 is 0 Å². The van der Waals surface area contributed by atoms with Gasteiger partial charge in [-0.25, -0.2) is 9.37 Å². The summed E-state index contributed by atoms with van der Waals surface area (Å²) in [5.74, 6) is -0.198. The molecule has 142 valence electrons. The number of halogens is 2. The van der Waals surface area contributed by atoms with Crippen LogP contribution in [0.1, 0.15) is 35.7 Å². The molecule has 0 saturated carbocycles. The number of rotatable bonds is 3. The van der Waals surface area contributed by atoms with Gasteiger partial charge in [-0.3, -0.25) is 4.79 Å². The van der Waals surface area contributed by atoms with Crippen molar-refractivity contribution in [1.82, 2.24) is 4.98 Å². The molecule has 2 aliphatic rings. The molecule has 2 aromatic rings. The van der Waals surface area contributed by atoms with Gasteiger partial charge >= 0.3 is 0 Å². The van der Waals surface area contributed by atoms with Gasteiger partial charge in [0.05, 0.1) is 18.8 Å². The molecule has 0 spiro atoms. The topological polar surface area (TPSA) is 51.7 Å². The molecule has 0 radical (unpaired) electrons. The molecule has 3 heterocycles. The Morgan fingerprint density at radius 2 is 2.22 bits per heavy atom. The molecule has 2 aliphatic heterocycles. The summed E-state index contributed by atoms with van der Waals surface area (Å²) in [4.78, 5) is 19.1. The van der Waals surface area contributed by atoms with Crippen molar-refractivity contribution in [2.45, 2.75) is 38.3 Å². The number of benzene rings is 1. The zero-order chi connectivity index (χ0) is 19.0. The number of aromatic nitrogens is 1. The standard InChI is InChI=1S/C20H20ClFN2O3/c1-12-2-3-13-8-15(22)4-5-18(13)24(12)20(25)14-9-17(21)19(23-10-14)27-16-6-7-26-11-16/h4-5,8-10,12,16H,2-3,6-7,11H2,1H3. The number of hydrogen-bond donors (Lipinski definition) is 0. The van der Waals surface area contributed by atoms with E-state index in [2.05, 4.69) is 4.98 Å². The van der Waals surface area contributed by atoms with Crippen LogP contribution in [0.4, 0.5) is 10.1 Å². The monoisotopic (exact) mass is 390 g/mol. The van der Waals surface area contributed by atoms with E-state index in [-0.39, 0.29) is 28.9 Å². The lowest BCUT2D eigenvalue weighted by Crippen LogP contribution is -2.42. The van der Waals surface area contributed by atoms with Crippen molar-refractivity contribution >= 4 is 23.2 Å². The third-order valence-corrected chi connectivity index (χ3v) is 5.28. The first-order valence-electron chi connectivity index (χ1n) is 9.05. The zero-order valence-electron chi connectivity index (χ0n) is 15.0. The second-order valence-corrected chi connectivity index (χ2v) is 7.36. The van der Waals surface area contributed by atoms with E-state index in [1.54, 1.807) is 17.0 Å². The number of pyridine rings is 1. The first-order chi connectivity index (χ1) is 13.0. The summed E-state index contributed by atoms with van der Waals surface area (Å²) < 4.78 is 24.6. The van der Waals surface area contributed by atoms with Crippen molar-refractivity contribution in [3.05, 3.63) is 52.4 Å². The normalized spacial score (nSPS) is 21.8. The number of anilines is 1. The van der Waals surface area contributed by atoms with Gasteiger partial charge in [-0.1, -0.05) is 11.6 Å². The minimum absolute atomic E-state index is 0.000742. The lowest BCUT2D eigenvalue weighted by molar-refractivity contribution is 0.0974. The smallest absolute Gasteiger partial charge is 0.260 e. The number of aryl methyl sites for hydroxylation is 1. The van der Waals surface area contributed by atoms with Crippen LogP contribution in [0.2, 0.25) is 5.02 Å². The Kier molecular flexibility index (Phi) is 5.02. The van der Waals surface area contributed by atoms with Gasteiger partial charge in [0, 0.05) is 24.3 Å². The third-order valence-electron chi connectivity index (χ3n) is 5.01. The summed E-state index contributed by atoms with van der Waals surface area (Å²) in [6.07, 6.45) is 3.71. The molecule has 7 heteroatoms. The SMILES string of the molecule is CC1CCc2cc(F)ccc2N1C(=O)c1cnc(OC2CCOC2)c(Cl)c1. The van der Waals surface area contributed by atoms with Crippen LogP contribution >= 0.6 is 11.6 Å². The molecule has 0 aliphatic carbocycles. The number of nitrogens with zero attached hydrogens (tertiary/aromatic N) is 2. The maximum atomic E-state index is 13.6. The van der Waals surface area contributed by atoms with E-state index in [4.69, 9.17) is 21.1 Å². The number of carbonyl (C=O) groups excluding carboxylic acids is 1. The van der Waals surface area contributed by atoms with Crippen molar-refractivity contribution < 1.29 is 18.7 Å².